The number of H-pyrrole nitrogens is 1. The number of rotatable bonds is 4. The fraction of sp³-hybridized carbons (Fsp3) is 0.444. The predicted octanol–water partition coefficient (Wildman–Crippen LogP) is 1.02. The van der Waals surface area contributed by atoms with Crippen LogP contribution in [0.2, 0.25) is 0 Å². The molecule has 9 nitrogen and oxygen atoms in total. The number of carbonyl (C=O) groups excluding carboxylic acids is 1. The molecule has 4 rings (SSSR count). The third-order valence-corrected chi connectivity index (χ3v) is 7.17. The third-order valence-electron chi connectivity index (χ3n) is 5.27. The lowest BCUT2D eigenvalue weighted by molar-refractivity contribution is -0.117. The van der Waals surface area contributed by atoms with Crippen LogP contribution in [-0.4, -0.2) is 65.4 Å². The van der Waals surface area contributed by atoms with E-state index in [9.17, 15) is 13.2 Å². The second-order valence-electron chi connectivity index (χ2n) is 7.43. The Morgan fingerprint density at radius 1 is 1.34 bits per heavy atom. The molecule has 2 aromatic rings. The average Bonchev–Trinajstić information content (AvgIpc) is 3.24. The topological polar surface area (TPSA) is 119 Å². The molecule has 2 aliphatic heterocycles. The highest BCUT2D eigenvalue weighted by atomic mass is 35.5. The highest BCUT2D eigenvalue weighted by molar-refractivity contribution is 7.88. The Labute approximate surface area is 173 Å². The van der Waals surface area contributed by atoms with E-state index in [1.807, 2.05) is 25.1 Å². The minimum Gasteiger partial charge on any atom is -0.339 e. The zero-order valence-corrected chi connectivity index (χ0v) is 17.6. The van der Waals surface area contributed by atoms with Crippen LogP contribution in [0, 0.1) is 0 Å². The number of hydrazine groups is 1. The van der Waals surface area contributed by atoms with E-state index in [-0.39, 0.29) is 17.3 Å². The normalized spacial score (nSPS) is 25.9. The first-order valence-corrected chi connectivity index (χ1v) is 11.6. The molecule has 1 amide bonds. The monoisotopic (exact) mass is 438 g/mol. The van der Waals surface area contributed by atoms with Crippen molar-refractivity contribution in [3.63, 3.8) is 0 Å². The number of nitrogens with zero attached hydrogens (tertiary/aromatic N) is 2. The fourth-order valence-corrected chi connectivity index (χ4v) is 4.56. The minimum atomic E-state index is -3.18. The Hall–Kier alpha value is -1.98. The van der Waals surface area contributed by atoms with Crippen molar-refractivity contribution in [2.24, 2.45) is 0 Å². The number of hydrogen-bond acceptors (Lipinski definition) is 6. The molecule has 3 atom stereocenters. The van der Waals surface area contributed by atoms with Crippen molar-refractivity contribution in [3.8, 4) is 0 Å². The van der Waals surface area contributed by atoms with Gasteiger partial charge in [-0.1, -0.05) is 6.08 Å². The first kappa shape index (κ1) is 20.3. The Bertz CT molecular complexity index is 1080. The van der Waals surface area contributed by atoms with Gasteiger partial charge < -0.3 is 10.3 Å². The Kier molecular flexibility index (Phi) is 5.38. The number of pyridine rings is 1. The predicted molar refractivity (Wildman–Crippen MR) is 113 cm³/mol. The summed E-state index contributed by atoms with van der Waals surface area (Å²) in [7, 11) is -3.18. The number of fused-ring (bicyclic) bond motifs is 1. The van der Waals surface area contributed by atoms with Crippen LogP contribution in [0.3, 0.4) is 0 Å². The number of carbonyl (C=O) groups is 1. The molecule has 2 aromatic heterocycles. The van der Waals surface area contributed by atoms with E-state index in [0.29, 0.717) is 30.8 Å². The van der Waals surface area contributed by atoms with Crippen LogP contribution in [0.5, 0.6) is 0 Å². The SMILES string of the molecule is CC1NNC(C(=O)Nc2cnc3[nH]c(C4=CCN(S(C)(=O)=O)CC4)cc3c2)C1Cl. The quantitative estimate of drug-likeness (QED) is 0.529. The number of halogens is 1. The Morgan fingerprint density at radius 2 is 2.14 bits per heavy atom. The molecule has 1 saturated heterocycles. The summed E-state index contributed by atoms with van der Waals surface area (Å²) in [4.78, 5) is 20.1. The van der Waals surface area contributed by atoms with Crippen LogP contribution in [-0.2, 0) is 14.8 Å². The summed E-state index contributed by atoms with van der Waals surface area (Å²) in [6, 6.07) is 3.26. The van der Waals surface area contributed by atoms with Crippen molar-refractivity contribution in [1.82, 2.24) is 25.1 Å². The molecule has 0 aliphatic carbocycles. The summed E-state index contributed by atoms with van der Waals surface area (Å²) >= 11 is 6.26. The molecule has 29 heavy (non-hydrogen) atoms. The molecule has 156 valence electrons. The van der Waals surface area contributed by atoms with Gasteiger partial charge >= 0.3 is 0 Å². The molecule has 4 N–H and O–H groups in total. The summed E-state index contributed by atoms with van der Waals surface area (Å²) in [5.41, 5.74) is 9.09. The van der Waals surface area contributed by atoms with E-state index in [1.165, 1.54) is 10.6 Å². The van der Waals surface area contributed by atoms with Crippen LogP contribution in [0.15, 0.2) is 24.4 Å². The molecule has 0 radical (unpaired) electrons. The van der Waals surface area contributed by atoms with E-state index in [1.54, 1.807) is 6.20 Å². The number of nitrogens with one attached hydrogen (secondary N) is 4. The van der Waals surface area contributed by atoms with Crippen LogP contribution >= 0.6 is 11.6 Å². The molecule has 0 aromatic carbocycles. The van der Waals surface area contributed by atoms with Gasteiger partial charge in [-0.25, -0.2) is 18.8 Å². The highest BCUT2D eigenvalue weighted by Crippen LogP contribution is 2.27. The lowest BCUT2D eigenvalue weighted by atomic mass is 10.1. The minimum absolute atomic E-state index is 0.0114. The lowest BCUT2D eigenvalue weighted by Crippen LogP contribution is -2.42. The number of anilines is 1. The smallest absolute Gasteiger partial charge is 0.244 e. The van der Waals surface area contributed by atoms with Gasteiger partial charge in [0.05, 0.1) is 23.5 Å². The highest BCUT2D eigenvalue weighted by Gasteiger charge is 2.36. The molecule has 3 unspecified atom stereocenters. The maximum atomic E-state index is 12.5. The zero-order chi connectivity index (χ0) is 20.8. The van der Waals surface area contributed by atoms with Crippen molar-refractivity contribution >= 4 is 49.8 Å². The van der Waals surface area contributed by atoms with Crippen molar-refractivity contribution < 1.29 is 13.2 Å². The Balaban J connectivity index is 1.50. The van der Waals surface area contributed by atoms with Gasteiger partial charge in [-0.3, -0.25) is 10.2 Å². The third kappa shape index (κ3) is 4.17. The molecule has 1 fully saturated rings. The molecular weight excluding hydrogens is 416 g/mol. The van der Waals surface area contributed by atoms with E-state index in [0.717, 1.165) is 16.7 Å². The maximum Gasteiger partial charge on any atom is 0.244 e. The van der Waals surface area contributed by atoms with Crippen molar-refractivity contribution in [2.75, 3.05) is 24.7 Å². The van der Waals surface area contributed by atoms with Crippen molar-refractivity contribution in [2.45, 2.75) is 30.8 Å². The summed E-state index contributed by atoms with van der Waals surface area (Å²) in [5, 5.41) is 3.36. The van der Waals surface area contributed by atoms with Crippen molar-refractivity contribution in [3.05, 3.63) is 30.1 Å². The maximum absolute atomic E-state index is 12.5. The van der Waals surface area contributed by atoms with Gasteiger partial charge in [0.2, 0.25) is 15.9 Å². The summed E-state index contributed by atoms with van der Waals surface area (Å²) in [6.45, 7) is 2.72. The lowest BCUT2D eigenvalue weighted by Gasteiger charge is -2.23. The van der Waals surface area contributed by atoms with Crippen LogP contribution < -0.4 is 16.2 Å². The first-order valence-electron chi connectivity index (χ1n) is 9.31. The van der Waals surface area contributed by atoms with Gasteiger partial charge in [-0.05, 0) is 31.1 Å². The van der Waals surface area contributed by atoms with Gasteiger partial charge in [0.25, 0.3) is 0 Å². The molecular formula is C18H23ClN6O3S. The molecule has 11 heteroatoms. The number of sulfonamides is 1. The number of hydrogen-bond donors (Lipinski definition) is 4. The number of amides is 1. The standard InChI is InChI=1S/C18H23ClN6O3S/c1-10-15(19)16(24-23-10)18(26)21-13-7-12-8-14(22-17(12)20-9-13)11-3-5-25(6-4-11)29(2,27)28/h3,7-10,15-16,23-24H,4-6H2,1-2H3,(H,20,22)(H,21,26). The largest absolute Gasteiger partial charge is 0.339 e. The van der Waals surface area contributed by atoms with E-state index in [4.69, 9.17) is 11.6 Å². The van der Waals surface area contributed by atoms with Crippen LogP contribution in [0.1, 0.15) is 19.0 Å². The van der Waals surface area contributed by atoms with Gasteiger partial charge in [0, 0.05) is 30.2 Å². The first-order chi connectivity index (χ1) is 13.7. The van der Waals surface area contributed by atoms with Crippen molar-refractivity contribution in [1.29, 1.82) is 0 Å². The number of aromatic amines is 1. The summed E-state index contributed by atoms with van der Waals surface area (Å²) in [5.74, 6) is -0.227. The zero-order valence-electron chi connectivity index (χ0n) is 16.1. The second-order valence-corrected chi connectivity index (χ2v) is 9.92. The number of aromatic nitrogens is 2. The average molecular weight is 439 g/mol. The van der Waals surface area contributed by atoms with Gasteiger partial charge in [-0.15, -0.1) is 11.6 Å². The fourth-order valence-electron chi connectivity index (χ4n) is 3.55. The molecule has 2 aliphatic rings. The molecule has 0 saturated carbocycles. The summed E-state index contributed by atoms with van der Waals surface area (Å²) < 4.78 is 24.8. The van der Waals surface area contributed by atoms with Crippen LogP contribution in [0.4, 0.5) is 5.69 Å². The molecule has 4 heterocycles. The van der Waals surface area contributed by atoms with E-state index in [2.05, 4.69) is 26.1 Å². The van der Waals surface area contributed by atoms with Crippen LogP contribution in [0.25, 0.3) is 16.6 Å². The Morgan fingerprint density at radius 3 is 2.76 bits per heavy atom. The number of alkyl halides is 1. The summed E-state index contributed by atoms with van der Waals surface area (Å²) in [6.07, 6.45) is 5.35. The van der Waals surface area contributed by atoms with Gasteiger partial charge in [-0.2, -0.15) is 4.31 Å². The van der Waals surface area contributed by atoms with Gasteiger partial charge in [0.15, 0.2) is 0 Å². The van der Waals surface area contributed by atoms with Gasteiger partial charge in [0.1, 0.15) is 11.7 Å². The molecule has 0 spiro atoms. The second kappa shape index (κ2) is 7.69. The molecule has 0 bridgehead atoms. The van der Waals surface area contributed by atoms with E-state index < -0.39 is 16.1 Å². The van der Waals surface area contributed by atoms with E-state index >= 15 is 0 Å².